The lowest BCUT2D eigenvalue weighted by molar-refractivity contribution is -0.150. The van der Waals surface area contributed by atoms with Gasteiger partial charge in [0.15, 0.2) is 9.47 Å². The van der Waals surface area contributed by atoms with E-state index < -0.39 is 29.2 Å². The average Bonchev–Trinajstić information content (AvgIpc) is 3.37. The van der Waals surface area contributed by atoms with Gasteiger partial charge in [0.1, 0.15) is 22.1 Å². The van der Waals surface area contributed by atoms with Gasteiger partial charge in [-0.1, -0.05) is 36.1 Å². The van der Waals surface area contributed by atoms with E-state index in [-0.39, 0.29) is 5.70 Å². The molecule has 2 aromatic rings. The number of carboxylic acid groups (broad SMARTS) is 1. The maximum Gasteiger partial charge on any atom is 0.353 e. The van der Waals surface area contributed by atoms with E-state index in [1.807, 2.05) is 13.8 Å². The standard InChI is InChI=1S/C18H18N6O4S4/c1-3-4-8(9-5-30-17(19)20-9)13(25)21-11-14(26)24-12(16(27)28)10(6-29-15(11)24)32-18-23-22-7(2)31-18/h4-5,11,15H,3,6H2,1-2H3,(H2,19,20)(H,21,25)(H,27,28)/t11-,15+/m1/s1. The third kappa shape index (κ3) is 4.27. The van der Waals surface area contributed by atoms with Crippen LogP contribution in [0.5, 0.6) is 0 Å². The number of thiazole rings is 1. The van der Waals surface area contributed by atoms with E-state index in [4.69, 9.17) is 5.73 Å². The number of nitrogen functional groups attached to an aromatic ring is 1. The Hall–Kier alpha value is -2.42. The van der Waals surface area contributed by atoms with Gasteiger partial charge >= 0.3 is 5.97 Å². The molecule has 0 radical (unpaired) electrons. The highest BCUT2D eigenvalue weighted by molar-refractivity contribution is 8.07. The Labute approximate surface area is 199 Å². The molecule has 4 N–H and O–H groups in total. The molecule has 0 spiro atoms. The van der Waals surface area contributed by atoms with Gasteiger partial charge in [-0.3, -0.25) is 14.5 Å². The number of β-lactam (4-membered cyclic amide) rings is 1. The minimum Gasteiger partial charge on any atom is -0.477 e. The number of carboxylic acids is 1. The molecule has 2 aliphatic heterocycles. The summed E-state index contributed by atoms with van der Waals surface area (Å²) in [6, 6.07) is -0.826. The number of aryl methyl sites for hydroxylation is 1. The number of allylic oxidation sites excluding steroid dienone is 1. The number of carbonyl (C=O) groups excluding carboxylic acids is 2. The number of carbonyl (C=O) groups is 3. The van der Waals surface area contributed by atoms with Gasteiger partial charge in [-0.15, -0.1) is 33.3 Å². The first-order valence-electron chi connectivity index (χ1n) is 9.41. The summed E-state index contributed by atoms with van der Waals surface area (Å²) >= 11 is 5.18. The largest absolute Gasteiger partial charge is 0.477 e. The number of nitrogens with zero attached hydrogens (tertiary/aromatic N) is 4. The Kier molecular flexibility index (Phi) is 6.55. The van der Waals surface area contributed by atoms with Crippen LogP contribution >= 0.6 is 46.2 Å². The monoisotopic (exact) mass is 510 g/mol. The molecule has 1 saturated heterocycles. The SMILES string of the molecule is CCC=C(C(=O)N[C@@H]1C(=O)N2C(C(=O)O)=C(Sc3nnc(C)s3)CS[C@@H]12)c1csc(N)n1. The fourth-order valence-electron chi connectivity index (χ4n) is 3.24. The summed E-state index contributed by atoms with van der Waals surface area (Å²) in [5.41, 5.74) is 6.40. The topological polar surface area (TPSA) is 151 Å². The number of hydrogen-bond acceptors (Lipinski definition) is 11. The highest BCUT2D eigenvalue weighted by Crippen LogP contribution is 2.45. The molecule has 10 nitrogen and oxygen atoms in total. The molecule has 4 rings (SSSR count). The van der Waals surface area contributed by atoms with Gasteiger partial charge in [-0.25, -0.2) is 9.78 Å². The number of rotatable bonds is 7. The second-order valence-electron chi connectivity index (χ2n) is 6.72. The van der Waals surface area contributed by atoms with Crippen LogP contribution in [0.1, 0.15) is 24.0 Å². The zero-order valence-electron chi connectivity index (χ0n) is 16.9. The number of nitrogens with one attached hydrogen (secondary N) is 1. The number of hydrogen-bond donors (Lipinski definition) is 3. The predicted molar refractivity (Wildman–Crippen MR) is 125 cm³/mol. The molecule has 2 amide bonds. The minimum absolute atomic E-state index is 0.0706. The van der Waals surface area contributed by atoms with E-state index >= 15 is 0 Å². The molecular formula is C18H18N6O4S4. The van der Waals surface area contributed by atoms with Gasteiger partial charge in [-0.2, -0.15) is 0 Å². The maximum atomic E-state index is 12.9. The van der Waals surface area contributed by atoms with Crippen molar-refractivity contribution in [1.29, 1.82) is 0 Å². The Bertz CT molecular complexity index is 1160. The van der Waals surface area contributed by atoms with Crippen LogP contribution in [0.2, 0.25) is 0 Å². The van der Waals surface area contributed by atoms with E-state index in [1.165, 1.54) is 51.1 Å². The fraction of sp³-hybridized carbons (Fsp3) is 0.333. The molecule has 0 aliphatic carbocycles. The Morgan fingerprint density at radius 2 is 2.22 bits per heavy atom. The number of fused-ring (bicyclic) bond motifs is 1. The number of thioether (sulfide) groups is 2. The number of aliphatic carboxylic acids is 1. The van der Waals surface area contributed by atoms with Crippen molar-refractivity contribution < 1.29 is 19.5 Å². The van der Waals surface area contributed by atoms with Crippen molar-refractivity contribution in [2.75, 3.05) is 11.5 Å². The normalized spacial score (nSPS) is 20.8. The van der Waals surface area contributed by atoms with Crippen LogP contribution in [0.3, 0.4) is 0 Å². The Morgan fingerprint density at radius 1 is 1.44 bits per heavy atom. The number of aromatic nitrogens is 3. The van der Waals surface area contributed by atoms with E-state index in [1.54, 1.807) is 11.5 Å². The Balaban J connectivity index is 1.53. The van der Waals surface area contributed by atoms with Crippen molar-refractivity contribution in [2.45, 2.75) is 36.0 Å². The van der Waals surface area contributed by atoms with Crippen molar-refractivity contribution in [3.63, 3.8) is 0 Å². The summed E-state index contributed by atoms with van der Waals surface area (Å²) in [7, 11) is 0. The van der Waals surface area contributed by atoms with Crippen molar-refractivity contribution in [1.82, 2.24) is 25.4 Å². The third-order valence-corrected chi connectivity index (χ3v) is 8.70. The molecule has 32 heavy (non-hydrogen) atoms. The second kappa shape index (κ2) is 9.21. The molecule has 0 saturated carbocycles. The van der Waals surface area contributed by atoms with Gasteiger partial charge in [0, 0.05) is 16.0 Å². The smallest absolute Gasteiger partial charge is 0.353 e. The first-order chi connectivity index (χ1) is 15.3. The maximum absolute atomic E-state index is 12.9. The van der Waals surface area contributed by atoms with Crippen molar-refractivity contribution in [3.05, 3.63) is 32.8 Å². The zero-order chi connectivity index (χ0) is 23.0. The number of anilines is 1. The quantitative estimate of drug-likeness (QED) is 0.373. The molecule has 0 unspecified atom stereocenters. The lowest BCUT2D eigenvalue weighted by Gasteiger charge is -2.49. The summed E-state index contributed by atoms with van der Waals surface area (Å²) in [5, 5.41) is 22.8. The van der Waals surface area contributed by atoms with Crippen molar-refractivity contribution in [2.24, 2.45) is 0 Å². The van der Waals surface area contributed by atoms with Crippen molar-refractivity contribution >= 4 is 74.7 Å². The van der Waals surface area contributed by atoms with E-state index in [2.05, 4.69) is 20.5 Å². The molecule has 0 aromatic carbocycles. The average molecular weight is 511 g/mol. The van der Waals surface area contributed by atoms with E-state index in [9.17, 15) is 19.5 Å². The number of amides is 2. The lowest BCUT2D eigenvalue weighted by Crippen LogP contribution is -2.70. The van der Waals surface area contributed by atoms with E-state index in [0.29, 0.717) is 37.8 Å². The van der Waals surface area contributed by atoms with E-state index in [0.717, 1.165) is 5.01 Å². The van der Waals surface area contributed by atoms with Gasteiger partial charge < -0.3 is 16.2 Å². The molecule has 14 heteroatoms. The van der Waals surface area contributed by atoms with Crippen LogP contribution < -0.4 is 11.1 Å². The van der Waals surface area contributed by atoms with Crippen LogP contribution in [0.4, 0.5) is 5.13 Å². The third-order valence-electron chi connectivity index (χ3n) is 4.59. The molecular weight excluding hydrogens is 493 g/mol. The number of nitrogens with two attached hydrogens (primary N) is 1. The van der Waals surface area contributed by atoms with Gasteiger partial charge in [-0.05, 0) is 13.3 Å². The molecule has 2 aliphatic rings. The second-order valence-corrected chi connectivity index (χ2v) is 11.2. The Morgan fingerprint density at radius 3 is 2.81 bits per heavy atom. The predicted octanol–water partition coefficient (Wildman–Crippen LogP) is 2.17. The highest BCUT2D eigenvalue weighted by atomic mass is 32.2. The lowest BCUT2D eigenvalue weighted by atomic mass is 10.0. The fourth-order valence-corrected chi connectivity index (χ4v) is 7.26. The highest BCUT2D eigenvalue weighted by Gasteiger charge is 2.54. The minimum atomic E-state index is -1.19. The molecule has 2 aromatic heterocycles. The van der Waals surface area contributed by atoms with Gasteiger partial charge in [0.2, 0.25) is 0 Å². The van der Waals surface area contributed by atoms with Crippen LogP contribution in [0.15, 0.2) is 26.4 Å². The molecule has 1 fully saturated rings. The van der Waals surface area contributed by atoms with Gasteiger partial charge in [0.25, 0.3) is 11.8 Å². The van der Waals surface area contributed by atoms with Crippen LogP contribution in [0.25, 0.3) is 5.57 Å². The summed E-state index contributed by atoms with van der Waals surface area (Å²) < 4.78 is 0.616. The molecule has 0 bridgehead atoms. The molecule has 168 valence electrons. The van der Waals surface area contributed by atoms with Crippen LogP contribution in [0, 0.1) is 6.92 Å². The van der Waals surface area contributed by atoms with Crippen molar-refractivity contribution in [3.8, 4) is 0 Å². The first kappa shape index (κ1) is 22.8. The van der Waals surface area contributed by atoms with Crippen LogP contribution in [-0.4, -0.2) is 60.1 Å². The summed E-state index contributed by atoms with van der Waals surface area (Å²) in [4.78, 5) is 43.7. The van der Waals surface area contributed by atoms with Gasteiger partial charge in [0.05, 0.1) is 11.3 Å². The summed E-state index contributed by atoms with van der Waals surface area (Å²) in [6.45, 7) is 3.70. The summed E-state index contributed by atoms with van der Waals surface area (Å²) in [5.74, 6) is -1.72. The molecule has 2 atom stereocenters. The van der Waals surface area contributed by atoms with Crippen LogP contribution in [-0.2, 0) is 14.4 Å². The zero-order valence-corrected chi connectivity index (χ0v) is 20.2. The summed E-state index contributed by atoms with van der Waals surface area (Å²) in [6.07, 6.45) is 2.32. The molecule has 4 heterocycles. The first-order valence-corrected chi connectivity index (χ1v) is 13.0.